The van der Waals surface area contributed by atoms with Gasteiger partial charge in [-0.05, 0) is 80.1 Å². The molecule has 0 bridgehead atoms. The van der Waals surface area contributed by atoms with Crippen molar-refractivity contribution in [1.29, 1.82) is 0 Å². The first kappa shape index (κ1) is 19.5. The van der Waals surface area contributed by atoms with Gasteiger partial charge >= 0.3 is 6.09 Å². The quantitative estimate of drug-likeness (QED) is 0.722. The number of nitrogens with one attached hydrogen (secondary N) is 2. The predicted octanol–water partition coefficient (Wildman–Crippen LogP) is 5.03. The fourth-order valence-corrected chi connectivity index (χ4v) is 3.28. The first-order valence-corrected chi connectivity index (χ1v) is 9.57. The van der Waals surface area contributed by atoms with Crippen LogP contribution in [0.15, 0.2) is 22.7 Å². The van der Waals surface area contributed by atoms with E-state index >= 15 is 0 Å². The van der Waals surface area contributed by atoms with Crippen molar-refractivity contribution in [2.75, 3.05) is 0 Å². The molecule has 4 nitrogen and oxygen atoms in total. The van der Waals surface area contributed by atoms with Crippen LogP contribution >= 0.6 is 27.5 Å². The number of rotatable bonds is 4. The van der Waals surface area contributed by atoms with Gasteiger partial charge in [0.05, 0.1) is 5.02 Å². The molecule has 0 saturated heterocycles. The van der Waals surface area contributed by atoms with Crippen molar-refractivity contribution < 1.29 is 9.53 Å². The van der Waals surface area contributed by atoms with Gasteiger partial charge < -0.3 is 15.4 Å². The van der Waals surface area contributed by atoms with Crippen LogP contribution in [-0.4, -0.2) is 23.8 Å². The van der Waals surface area contributed by atoms with E-state index in [0.29, 0.717) is 6.04 Å². The van der Waals surface area contributed by atoms with E-state index in [0.717, 1.165) is 41.7 Å². The van der Waals surface area contributed by atoms with Gasteiger partial charge in [-0.2, -0.15) is 0 Å². The molecule has 0 aliphatic heterocycles. The second-order valence-electron chi connectivity index (χ2n) is 7.32. The van der Waals surface area contributed by atoms with E-state index in [1.807, 2.05) is 32.9 Å². The van der Waals surface area contributed by atoms with Gasteiger partial charge in [0, 0.05) is 23.1 Å². The molecule has 1 aromatic carbocycles. The maximum Gasteiger partial charge on any atom is 0.407 e. The number of alkyl carbamates (subject to hydrolysis) is 1. The zero-order chi connectivity index (χ0) is 17.7. The van der Waals surface area contributed by atoms with E-state index in [9.17, 15) is 4.79 Å². The van der Waals surface area contributed by atoms with Crippen molar-refractivity contribution in [3.05, 3.63) is 33.3 Å². The first-order chi connectivity index (χ1) is 11.2. The average molecular weight is 418 g/mol. The Labute approximate surface area is 157 Å². The van der Waals surface area contributed by atoms with Crippen LogP contribution in [0, 0.1) is 0 Å². The maximum atomic E-state index is 11.8. The highest BCUT2D eigenvalue weighted by Crippen LogP contribution is 2.24. The van der Waals surface area contributed by atoms with E-state index in [4.69, 9.17) is 16.3 Å². The Morgan fingerprint density at radius 1 is 1.25 bits per heavy atom. The summed E-state index contributed by atoms with van der Waals surface area (Å²) < 4.78 is 6.23. The highest BCUT2D eigenvalue weighted by atomic mass is 79.9. The number of ether oxygens (including phenoxy) is 1. The summed E-state index contributed by atoms with van der Waals surface area (Å²) in [6, 6.07) is 6.71. The van der Waals surface area contributed by atoms with Crippen LogP contribution in [0.4, 0.5) is 4.79 Å². The van der Waals surface area contributed by atoms with Crippen LogP contribution in [0.2, 0.25) is 5.02 Å². The summed E-state index contributed by atoms with van der Waals surface area (Å²) in [6.07, 6.45) is 3.72. The first-order valence-electron chi connectivity index (χ1n) is 8.40. The Bertz CT molecular complexity index is 567. The minimum Gasteiger partial charge on any atom is -0.444 e. The van der Waals surface area contributed by atoms with Crippen molar-refractivity contribution in [1.82, 2.24) is 10.6 Å². The summed E-state index contributed by atoms with van der Waals surface area (Å²) >= 11 is 9.53. The Morgan fingerprint density at radius 2 is 1.88 bits per heavy atom. The van der Waals surface area contributed by atoms with Crippen molar-refractivity contribution in [3.8, 4) is 0 Å². The molecule has 1 fully saturated rings. The zero-order valence-electron chi connectivity index (χ0n) is 14.5. The number of benzene rings is 1. The molecule has 1 amide bonds. The minimum absolute atomic E-state index is 0.208. The number of carbonyl (C=O) groups is 1. The number of amides is 1. The minimum atomic E-state index is -0.450. The molecule has 1 aliphatic rings. The molecular formula is C18H26BrClN2O2. The average Bonchev–Trinajstić information content (AvgIpc) is 2.48. The lowest BCUT2D eigenvalue weighted by molar-refractivity contribution is 0.0490. The monoisotopic (exact) mass is 416 g/mol. The SMILES string of the molecule is CC(C)(C)OC(=O)NC1CCC(NCc2ccc(Br)c(Cl)c2)CC1. The lowest BCUT2D eigenvalue weighted by Gasteiger charge is -2.30. The summed E-state index contributed by atoms with van der Waals surface area (Å²) in [5.74, 6) is 0. The van der Waals surface area contributed by atoms with Gasteiger partial charge in [0.2, 0.25) is 0 Å². The highest BCUT2D eigenvalue weighted by Gasteiger charge is 2.24. The van der Waals surface area contributed by atoms with Gasteiger partial charge in [-0.15, -0.1) is 0 Å². The Hall–Kier alpha value is -0.780. The third-order valence-electron chi connectivity index (χ3n) is 4.03. The molecule has 6 heteroatoms. The van der Waals surface area contributed by atoms with E-state index in [1.165, 1.54) is 5.56 Å². The molecule has 0 radical (unpaired) electrons. The smallest absolute Gasteiger partial charge is 0.407 e. The Kier molecular flexibility index (Phi) is 6.96. The number of hydrogen-bond donors (Lipinski definition) is 2. The standard InChI is InChI=1S/C18H26BrClN2O2/c1-18(2,3)24-17(23)22-14-7-5-13(6-8-14)21-11-12-4-9-15(19)16(20)10-12/h4,9-10,13-14,21H,5-8,11H2,1-3H3,(H,22,23). The molecule has 0 heterocycles. The molecule has 0 unspecified atom stereocenters. The molecule has 2 rings (SSSR count). The van der Waals surface area contributed by atoms with Crippen molar-refractivity contribution in [2.24, 2.45) is 0 Å². The highest BCUT2D eigenvalue weighted by molar-refractivity contribution is 9.10. The van der Waals surface area contributed by atoms with Gasteiger partial charge in [0.1, 0.15) is 5.60 Å². The van der Waals surface area contributed by atoms with Gasteiger partial charge in [-0.1, -0.05) is 17.7 Å². The van der Waals surface area contributed by atoms with Gasteiger partial charge in [-0.25, -0.2) is 4.79 Å². The molecule has 1 aliphatic carbocycles. The van der Waals surface area contributed by atoms with Crippen LogP contribution < -0.4 is 10.6 Å². The summed E-state index contributed by atoms with van der Waals surface area (Å²) in [7, 11) is 0. The van der Waals surface area contributed by atoms with E-state index in [-0.39, 0.29) is 12.1 Å². The Balaban J connectivity index is 1.71. The number of halogens is 2. The predicted molar refractivity (Wildman–Crippen MR) is 101 cm³/mol. The third-order valence-corrected chi connectivity index (χ3v) is 5.26. The molecule has 0 aromatic heterocycles. The van der Waals surface area contributed by atoms with Crippen molar-refractivity contribution in [3.63, 3.8) is 0 Å². The van der Waals surface area contributed by atoms with Gasteiger partial charge in [-0.3, -0.25) is 0 Å². The topological polar surface area (TPSA) is 50.4 Å². The van der Waals surface area contributed by atoms with Crippen molar-refractivity contribution in [2.45, 2.75) is 70.7 Å². The van der Waals surface area contributed by atoms with Crippen LogP contribution in [0.1, 0.15) is 52.0 Å². The fourth-order valence-electron chi connectivity index (χ4n) is 2.83. The van der Waals surface area contributed by atoms with Crippen molar-refractivity contribution >= 4 is 33.6 Å². The zero-order valence-corrected chi connectivity index (χ0v) is 16.8. The summed E-state index contributed by atoms with van der Waals surface area (Å²) in [6.45, 7) is 6.44. The largest absolute Gasteiger partial charge is 0.444 e. The molecule has 0 spiro atoms. The molecular weight excluding hydrogens is 392 g/mol. The molecule has 0 atom stereocenters. The van der Waals surface area contributed by atoms with Crippen LogP contribution in [0.5, 0.6) is 0 Å². The molecule has 24 heavy (non-hydrogen) atoms. The molecule has 1 aromatic rings. The molecule has 2 N–H and O–H groups in total. The lowest BCUT2D eigenvalue weighted by atomic mass is 9.91. The summed E-state index contributed by atoms with van der Waals surface area (Å²) in [5, 5.41) is 7.29. The van der Waals surface area contributed by atoms with Crippen LogP contribution in [0.25, 0.3) is 0 Å². The summed E-state index contributed by atoms with van der Waals surface area (Å²) in [4.78, 5) is 11.8. The second kappa shape index (κ2) is 8.54. The Morgan fingerprint density at radius 3 is 2.46 bits per heavy atom. The van der Waals surface area contributed by atoms with E-state index in [2.05, 4.69) is 32.6 Å². The normalized spacial score (nSPS) is 21.4. The maximum absolute atomic E-state index is 11.8. The third kappa shape index (κ3) is 6.61. The molecule has 134 valence electrons. The van der Waals surface area contributed by atoms with Gasteiger partial charge in [0.25, 0.3) is 0 Å². The second-order valence-corrected chi connectivity index (χ2v) is 8.59. The summed E-state index contributed by atoms with van der Waals surface area (Å²) in [5.41, 5.74) is 0.728. The fraction of sp³-hybridized carbons (Fsp3) is 0.611. The number of hydrogen-bond acceptors (Lipinski definition) is 3. The van der Waals surface area contributed by atoms with Crippen LogP contribution in [0.3, 0.4) is 0 Å². The van der Waals surface area contributed by atoms with E-state index in [1.54, 1.807) is 0 Å². The lowest BCUT2D eigenvalue weighted by Crippen LogP contribution is -2.43. The van der Waals surface area contributed by atoms with E-state index < -0.39 is 5.60 Å². The number of carbonyl (C=O) groups excluding carboxylic acids is 1. The van der Waals surface area contributed by atoms with Gasteiger partial charge in [0.15, 0.2) is 0 Å². The van der Waals surface area contributed by atoms with Crippen LogP contribution in [-0.2, 0) is 11.3 Å². The molecule has 1 saturated carbocycles.